The van der Waals surface area contributed by atoms with Gasteiger partial charge >= 0.3 is 0 Å². The molecule has 20 heavy (non-hydrogen) atoms. The number of nitrogens with zero attached hydrogens (tertiary/aromatic N) is 1. The van der Waals surface area contributed by atoms with Crippen LogP contribution in [0.2, 0.25) is 0 Å². The Morgan fingerprint density at radius 1 is 1.25 bits per heavy atom. The van der Waals surface area contributed by atoms with E-state index < -0.39 is 0 Å². The number of hydrogen-bond donors (Lipinski definition) is 1. The first-order valence-electron chi connectivity index (χ1n) is 7.85. The lowest BCUT2D eigenvalue weighted by molar-refractivity contribution is 0.127. The Morgan fingerprint density at radius 2 is 2.10 bits per heavy atom. The third-order valence-electron chi connectivity index (χ3n) is 4.80. The molecule has 1 aromatic carbocycles. The van der Waals surface area contributed by atoms with Crippen molar-refractivity contribution in [3.05, 3.63) is 29.3 Å². The Morgan fingerprint density at radius 3 is 3.00 bits per heavy atom. The first kappa shape index (κ1) is 13.9. The fourth-order valence-corrected chi connectivity index (χ4v) is 3.46. The van der Waals surface area contributed by atoms with E-state index in [1.807, 2.05) is 0 Å². The molecule has 3 rings (SSSR count). The molecule has 2 fully saturated rings. The number of benzene rings is 1. The molecule has 0 amide bonds. The van der Waals surface area contributed by atoms with Gasteiger partial charge in [-0.3, -0.25) is 4.90 Å². The molecule has 0 saturated carbocycles. The quantitative estimate of drug-likeness (QED) is 0.911. The average Bonchev–Trinajstić information content (AvgIpc) is 2.90. The zero-order valence-electron chi connectivity index (χ0n) is 12.7. The number of nitrogens with one attached hydrogen (secondary N) is 1. The van der Waals surface area contributed by atoms with E-state index in [1.54, 1.807) is 0 Å². The Bertz CT molecular complexity index is 460. The number of piperidine rings is 1. The van der Waals surface area contributed by atoms with Gasteiger partial charge in [0.05, 0.1) is 0 Å². The van der Waals surface area contributed by atoms with Crippen molar-refractivity contribution in [3.8, 4) is 5.75 Å². The minimum atomic E-state index is 0.801. The highest BCUT2D eigenvalue weighted by atomic mass is 16.5. The van der Waals surface area contributed by atoms with E-state index in [0.29, 0.717) is 0 Å². The largest absolute Gasteiger partial charge is 0.492 e. The third-order valence-corrected chi connectivity index (χ3v) is 4.80. The van der Waals surface area contributed by atoms with Gasteiger partial charge in [-0.1, -0.05) is 12.1 Å². The van der Waals surface area contributed by atoms with Crippen molar-refractivity contribution >= 4 is 0 Å². The minimum absolute atomic E-state index is 0.801. The van der Waals surface area contributed by atoms with Gasteiger partial charge in [-0.15, -0.1) is 0 Å². The van der Waals surface area contributed by atoms with Crippen LogP contribution in [0.1, 0.15) is 17.5 Å². The molecule has 0 spiro atoms. The van der Waals surface area contributed by atoms with E-state index in [1.165, 1.54) is 43.7 Å². The summed E-state index contributed by atoms with van der Waals surface area (Å²) < 4.78 is 5.97. The number of ether oxygens (including phenoxy) is 1. The van der Waals surface area contributed by atoms with Crippen LogP contribution in [0, 0.1) is 25.7 Å². The van der Waals surface area contributed by atoms with Gasteiger partial charge in [-0.05, 0) is 68.9 Å². The zero-order chi connectivity index (χ0) is 13.9. The van der Waals surface area contributed by atoms with Crippen LogP contribution in [0.15, 0.2) is 18.2 Å². The SMILES string of the molecule is Cc1ccc(C)c(OCCN2CCC3CNCC3C2)c1. The molecule has 2 atom stereocenters. The molecular formula is C17H26N2O. The van der Waals surface area contributed by atoms with Crippen molar-refractivity contribution in [1.29, 1.82) is 0 Å². The highest BCUT2D eigenvalue weighted by Gasteiger charge is 2.32. The van der Waals surface area contributed by atoms with Crippen molar-refractivity contribution in [3.63, 3.8) is 0 Å². The molecule has 2 saturated heterocycles. The molecule has 2 unspecified atom stereocenters. The van der Waals surface area contributed by atoms with E-state index in [4.69, 9.17) is 4.74 Å². The standard InChI is InChI=1S/C17H26N2O/c1-13-3-4-14(2)17(9-13)20-8-7-19-6-5-15-10-18-11-16(15)12-19/h3-4,9,15-16,18H,5-8,10-12H2,1-2H3. The van der Waals surface area contributed by atoms with Crippen LogP contribution in [0.25, 0.3) is 0 Å². The van der Waals surface area contributed by atoms with E-state index in [0.717, 1.165) is 30.7 Å². The zero-order valence-corrected chi connectivity index (χ0v) is 12.7. The van der Waals surface area contributed by atoms with Crippen LogP contribution < -0.4 is 10.1 Å². The highest BCUT2D eigenvalue weighted by Crippen LogP contribution is 2.26. The Kier molecular flexibility index (Phi) is 4.27. The van der Waals surface area contributed by atoms with Crippen molar-refractivity contribution in [2.24, 2.45) is 11.8 Å². The van der Waals surface area contributed by atoms with Gasteiger partial charge < -0.3 is 10.1 Å². The first-order valence-corrected chi connectivity index (χ1v) is 7.85. The average molecular weight is 274 g/mol. The summed E-state index contributed by atoms with van der Waals surface area (Å²) in [4.78, 5) is 2.57. The van der Waals surface area contributed by atoms with Crippen molar-refractivity contribution < 1.29 is 4.74 Å². The fraction of sp³-hybridized carbons (Fsp3) is 0.647. The monoisotopic (exact) mass is 274 g/mol. The number of fused-ring (bicyclic) bond motifs is 1. The molecule has 3 nitrogen and oxygen atoms in total. The minimum Gasteiger partial charge on any atom is -0.492 e. The fourth-order valence-electron chi connectivity index (χ4n) is 3.46. The topological polar surface area (TPSA) is 24.5 Å². The molecule has 2 aliphatic heterocycles. The number of hydrogen-bond acceptors (Lipinski definition) is 3. The molecular weight excluding hydrogens is 248 g/mol. The van der Waals surface area contributed by atoms with Crippen molar-refractivity contribution in [2.45, 2.75) is 20.3 Å². The smallest absolute Gasteiger partial charge is 0.122 e. The first-order chi connectivity index (χ1) is 9.72. The van der Waals surface area contributed by atoms with E-state index >= 15 is 0 Å². The van der Waals surface area contributed by atoms with Gasteiger partial charge in [0.25, 0.3) is 0 Å². The van der Waals surface area contributed by atoms with E-state index in [2.05, 4.69) is 42.3 Å². The lowest BCUT2D eigenvalue weighted by atomic mass is 9.89. The molecule has 2 heterocycles. The molecule has 110 valence electrons. The van der Waals surface area contributed by atoms with Gasteiger partial charge in [0.15, 0.2) is 0 Å². The van der Waals surface area contributed by atoms with Crippen molar-refractivity contribution in [2.75, 3.05) is 39.3 Å². The Balaban J connectivity index is 1.47. The van der Waals surface area contributed by atoms with Gasteiger partial charge in [0, 0.05) is 13.1 Å². The predicted octanol–water partition coefficient (Wildman–Crippen LogP) is 2.22. The third kappa shape index (κ3) is 3.15. The number of likely N-dealkylation sites (tertiary alicyclic amines) is 1. The summed E-state index contributed by atoms with van der Waals surface area (Å²) >= 11 is 0. The second-order valence-corrected chi connectivity index (χ2v) is 6.39. The van der Waals surface area contributed by atoms with Crippen LogP contribution in [0.4, 0.5) is 0 Å². The Hall–Kier alpha value is -1.06. The highest BCUT2D eigenvalue weighted by molar-refractivity contribution is 5.35. The summed E-state index contributed by atoms with van der Waals surface area (Å²) in [7, 11) is 0. The molecule has 2 aliphatic rings. The van der Waals surface area contributed by atoms with E-state index in [9.17, 15) is 0 Å². The number of rotatable bonds is 4. The molecule has 1 aromatic rings. The van der Waals surface area contributed by atoms with Gasteiger partial charge in [0.2, 0.25) is 0 Å². The molecule has 0 bridgehead atoms. The summed E-state index contributed by atoms with van der Waals surface area (Å²) in [5.74, 6) is 2.83. The van der Waals surface area contributed by atoms with E-state index in [-0.39, 0.29) is 0 Å². The Labute approximate surface area is 122 Å². The number of aryl methyl sites for hydroxylation is 2. The van der Waals surface area contributed by atoms with Crippen molar-refractivity contribution in [1.82, 2.24) is 10.2 Å². The maximum absolute atomic E-state index is 5.97. The summed E-state index contributed by atoms with van der Waals surface area (Å²) in [6, 6.07) is 6.42. The summed E-state index contributed by atoms with van der Waals surface area (Å²) in [6.45, 7) is 11.0. The summed E-state index contributed by atoms with van der Waals surface area (Å²) in [5.41, 5.74) is 2.50. The molecule has 0 aliphatic carbocycles. The van der Waals surface area contributed by atoms with Crippen LogP contribution in [-0.4, -0.2) is 44.2 Å². The molecule has 1 N–H and O–H groups in total. The molecule has 3 heteroatoms. The van der Waals surface area contributed by atoms with Crippen LogP contribution >= 0.6 is 0 Å². The normalized spacial score (nSPS) is 26.5. The van der Waals surface area contributed by atoms with Crippen LogP contribution in [0.3, 0.4) is 0 Å². The molecule has 0 radical (unpaired) electrons. The van der Waals surface area contributed by atoms with Crippen LogP contribution in [0.5, 0.6) is 5.75 Å². The maximum Gasteiger partial charge on any atom is 0.122 e. The van der Waals surface area contributed by atoms with Gasteiger partial charge in [-0.2, -0.15) is 0 Å². The lowest BCUT2D eigenvalue weighted by Crippen LogP contribution is -2.41. The van der Waals surface area contributed by atoms with Gasteiger partial charge in [0.1, 0.15) is 12.4 Å². The van der Waals surface area contributed by atoms with Crippen LogP contribution in [-0.2, 0) is 0 Å². The summed E-state index contributed by atoms with van der Waals surface area (Å²) in [6.07, 6.45) is 1.35. The summed E-state index contributed by atoms with van der Waals surface area (Å²) in [5, 5.41) is 3.52. The second kappa shape index (κ2) is 6.15. The maximum atomic E-state index is 5.97. The molecule has 0 aromatic heterocycles. The second-order valence-electron chi connectivity index (χ2n) is 6.39. The van der Waals surface area contributed by atoms with Gasteiger partial charge in [-0.25, -0.2) is 0 Å². The lowest BCUT2D eigenvalue weighted by Gasteiger charge is -2.34. The predicted molar refractivity (Wildman–Crippen MR) is 82.3 cm³/mol.